The second-order valence-electron chi connectivity index (χ2n) is 7.33. The number of guanidine groups is 1. The molecule has 3 unspecified atom stereocenters. The highest BCUT2D eigenvalue weighted by molar-refractivity contribution is 14.0. The van der Waals surface area contributed by atoms with Gasteiger partial charge in [0.2, 0.25) is 5.91 Å². The molecule has 2 rings (SSSR count). The number of halogens is 1. The van der Waals surface area contributed by atoms with E-state index in [1.165, 1.54) is 0 Å². The van der Waals surface area contributed by atoms with Crippen LogP contribution >= 0.6 is 24.0 Å². The first-order valence-corrected chi connectivity index (χ1v) is 9.66. The van der Waals surface area contributed by atoms with E-state index in [9.17, 15) is 4.79 Å². The fourth-order valence-electron chi connectivity index (χ4n) is 3.85. The molecule has 3 atom stereocenters. The highest BCUT2D eigenvalue weighted by Crippen LogP contribution is 2.19. The standard InChI is InChI=1S/C18H35N5O2.HI/c1-4-20-18(22-7-5-6-16(12-22)10-17(19)24)21-11-14(2)23-8-9-25-13-15(23)3;/h14-16H,4-13H2,1-3H3,(H2,19,24)(H,20,21);1H. The molecule has 0 bridgehead atoms. The van der Waals surface area contributed by atoms with E-state index >= 15 is 0 Å². The first kappa shape index (κ1) is 23.4. The Balaban J connectivity index is 0.00000338. The molecule has 0 aromatic heterocycles. The lowest BCUT2D eigenvalue weighted by Gasteiger charge is -2.38. The molecule has 3 N–H and O–H groups in total. The summed E-state index contributed by atoms with van der Waals surface area (Å²) >= 11 is 0. The normalized spacial score (nSPS) is 26.1. The minimum absolute atomic E-state index is 0. The van der Waals surface area contributed by atoms with Gasteiger partial charge >= 0.3 is 0 Å². The van der Waals surface area contributed by atoms with Crippen LogP contribution in [0.25, 0.3) is 0 Å². The third kappa shape index (κ3) is 7.19. The SMILES string of the molecule is CCNC(=NCC(C)N1CCOCC1C)N1CCCC(CC(N)=O)C1.I. The van der Waals surface area contributed by atoms with Crippen molar-refractivity contribution >= 4 is 35.8 Å². The minimum atomic E-state index is -0.205. The number of morpholine rings is 1. The first-order chi connectivity index (χ1) is 12.0. The van der Waals surface area contributed by atoms with Gasteiger partial charge in [-0.05, 0) is 39.5 Å². The molecule has 0 aromatic carbocycles. The summed E-state index contributed by atoms with van der Waals surface area (Å²) in [7, 11) is 0. The summed E-state index contributed by atoms with van der Waals surface area (Å²) in [4.78, 5) is 20.9. The average molecular weight is 481 g/mol. The number of piperidine rings is 1. The van der Waals surface area contributed by atoms with E-state index in [1.807, 2.05) is 0 Å². The Morgan fingerprint density at radius 3 is 2.85 bits per heavy atom. The zero-order valence-corrected chi connectivity index (χ0v) is 18.8. The topological polar surface area (TPSA) is 83.2 Å². The van der Waals surface area contributed by atoms with Crippen LogP contribution in [0.4, 0.5) is 0 Å². The second kappa shape index (κ2) is 12.0. The summed E-state index contributed by atoms with van der Waals surface area (Å²) in [6, 6.07) is 0.829. The molecule has 0 spiro atoms. The molecule has 0 radical (unpaired) electrons. The number of nitrogens with one attached hydrogen (secondary N) is 1. The van der Waals surface area contributed by atoms with Crippen LogP contribution in [0.1, 0.15) is 40.0 Å². The van der Waals surface area contributed by atoms with E-state index in [2.05, 4.69) is 35.9 Å². The van der Waals surface area contributed by atoms with Gasteiger partial charge < -0.3 is 20.7 Å². The number of likely N-dealkylation sites (tertiary alicyclic amines) is 1. The van der Waals surface area contributed by atoms with E-state index in [1.54, 1.807) is 0 Å². The third-order valence-corrected chi connectivity index (χ3v) is 5.13. The number of hydrogen-bond donors (Lipinski definition) is 2. The van der Waals surface area contributed by atoms with E-state index in [4.69, 9.17) is 15.5 Å². The number of ether oxygens (including phenoxy) is 1. The fraction of sp³-hybridized carbons (Fsp3) is 0.889. The van der Waals surface area contributed by atoms with Crippen molar-refractivity contribution in [2.24, 2.45) is 16.6 Å². The highest BCUT2D eigenvalue weighted by atomic mass is 127. The summed E-state index contributed by atoms with van der Waals surface area (Å²) in [5.74, 6) is 1.10. The monoisotopic (exact) mass is 481 g/mol. The average Bonchev–Trinajstić information content (AvgIpc) is 2.58. The number of rotatable bonds is 6. The molecular formula is C18H36IN5O2. The molecule has 2 heterocycles. The summed E-state index contributed by atoms with van der Waals surface area (Å²) < 4.78 is 5.53. The number of carbonyl (C=O) groups is 1. The summed E-state index contributed by atoms with van der Waals surface area (Å²) in [5.41, 5.74) is 5.38. The number of nitrogens with zero attached hydrogens (tertiary/aromatic N) is 3. The van der Waals surface area contributed by atoms with Gasteiger partial charge in [-0.25, -0.2) is 0 Å². The highest BCUT2D eigenvalue weighted by Gasteiger charge is 2.25. The van der Waals surface area contributed by atoms with Gasteiger partial charge in [-0.3, -0.25) is 14.7 Å². The lowest BCUT2D eigenvalue weighted by Crippen LogP contribution is -2.50. The molecule has 0 aromatic rings. The van der Waals surface area contributed by atoms with Crippen LogP contribution in [0, 0.1) is 5.92 Å². The van der Waals surface area contributed by atoms with Gasteiger partial charge in [0.15, 0.2) is 5.96 Å². The smallest absolute Gasteiger partial charge is 0.217 e. The van der Waals surface area contributed by atoms with Crippen LogP contribution in [0.5, 0.6) is 0 Å². The van der Waals surface area contributed by atoms with Gasteiger partial charge in [0.05, 0.1) is 19.8 Å². The van der Waals surface area contributed by atoms with E-state index in [-0.39, 0.29) is 29.9 Å². The maximum absolute atomic E-state index is 11.2. The summed E-state index contributed by atoms with van der Waals surface area (Å²) in [6.45, 7) is 12.6. The van der Waals surface area contributed by atoms with E-state index in [0.717, 1.165) is 64.7 Å². The zero-order valence-electron chi connectivity index (χ0n) is 16.4. The van der Waals surface area contributed by atoms with Crippen molar-refractivity contribution in [2.75, 3.05) is 45.9 Å². The van der Waals surface area contributed by atoms with E-state index < -0.39 is 0 Å². The molecule has 2 fully saturated rings. The van der Waals surface area contributed by atoms with Crippen LogP contribution in [-0.2, 0) is 9.53 Å². The number of amides is 1. The molecule has 152 valence electrons. The first-order valence-electron chi connectivity index (χ1n) is 9.66. The van der Waals surface area contributed by atoms with Crippen LogP contribution in [0.15, 0.2) is 4.99 Å². The Labute approximate surface area is 175 Å². The Morgan fingerprint density at radius 2 is 2.19 bits per heavy atom. The van der Waals surface area contributed by atoms with Crippen molar-refractivity contribution in [2.45, 2.75) is 52.1 Å². The van der Waals surface area contributed by atoms with Crippen LogP contribution in [0.2, 0.25) is 0 Å². The number of carbonyl (C=O) groups excluding carboxylic acids is 1. The van der Waals surface area contributed by atoms with Gasteiger partial charge in [0.1, 0.15) is 0 Å². The van der Waals surface area contributed by atoms with Gasteiger partial charge in [-0.15, -0.1) is 24.0 Å². The molecule has 8 heteroatoms. The van der Waals surface area contributed by atoms with Crippen molar-refractivity contribution in [3.05, 3.63) is 0 Å². The fourth-order valence-corrected chi connectivity index (χ4v) is 3.85. The van der Waals surface area contributed by atoms with Crippen LogP contribution in [-0.4, -0.2) is 79.7 Å². The maximum atomic E-state index is 11.2. The van der Waals surface area contributed by atoms with Crippen molar-refractivity contribution in [1.29, 1.82) is 0 Å². The number of aliphatic imine (C=N–C) groups is 1. The Morgan fingerprint density at radius 1 is 1.42 bits per heavy atom. The number of primary amides is 1. The largest absolute Gasteiger partial charge is 0.379 e. The lowest BCUT2D eigenvalue weighted by atomic mass is 9.95. The van der Waals surface area contributed by atoms with Gasteiger partial charge in [0, 0.05) is 44.7 Å². The Bertz CT molecular complexity index is 463. The quantitative estimate of drug-likeness (QED) is 0.339. The number of nitrogens with two attached hydrogens (primary N) is 1. The number of hydrogen-bond acceptors (Lipinski definition) is 4. The Kier molecular flexibility index (Phi) is 10.8. The summed E-state index contributed by atoms with van der Waals surface area (Å²) in [5, 5.41) is 3.41. The van der Waals surface area contributed by atoms with Crippen molar-refractivity contribution in [1.82, 2.24) is 15.1 Å². The van der Waals surface area contributed by atoms with Crippen molar-refractivity contribution in [3.8, 4) is 0 Å². The van der Waals surface area contributed by atoms with Crippen LogP contribution < -0.4 is 11.1 Å². The maximum Gasteiger partial charge on any atom is 0.217 e. The van der Waals surface area contributed by atoms with E-state index in [0.29, 0.717) is 24.4 Å². The van der Waals surface area contributed by atoms with Crippen LogP contribution in [0.3, 0.4) is 0 Å². The van der Waals surface area contributed by atoms with Gasteiger partial charge in [0.25, 0.3) is 0 Å². The predicted molar refractivity (Wildman–Crippen MR) is 116 cm³/mol. The molecule has 26 heavy (non-hydrogen) atoms. The molecule has 2 aliphatic rings. The molecule has 2 saturated heterocycles. The minimum Gasteiger partial charge on any atom is -0.379 e. The lowest BCUT2D eigenvalue weighted by molar-refractivity contribution is -0.119. The molecule has 1 amide bonds. The molecule has 0 saturated carbocycles. The molecule has 0 aliphatic carbocycles. The second-order valence-corrected chi connectivity index (χ2v) is 7.33. The summed E-state index contributed by atoms with van der Waals surface area (Å²) in [6.07, 6.45) is 2.62. The van der Waals surface area contributed by atoms with Gasteiger partial charge in [-0.1, -0.05) is 0 Å². The van der Waals surface area contributed by atoms with Crippen molar-refractivity contribution < 1.29 is 9.53 Å². The zero-order chi connectivity index (χ0) is 18.2. The molecular weight excluding hydrogens is 445 g/mol. The van der Waals surface area contributed by atoms with Crippen molar-refractivity contribution in [3.63, 3.8) is 0 Å². The Hall–Kier alpha value is -0.610. The predicted octanol–water partition coefficient (Wildman–Crippen LogP) is 1.27. The van der Waals surface area contributed by atoms with Gasteiger partial charge in [-0.2, -0.15) is 0 Å². The third-order valence-electron chi connectivity index (χ3n) is 5.13. The molecule has 7 nitrogen and oxygen atoms in total. The molecule has 2 aliphatic heterocycles.